The van der Waals surface area contributed by atoms with Gasteiger partial charge in [0, 0.05) is 19.2 Å². The summed E-state index contributed by atoms with van der Waals surface area (Å²) in [5.41, 5.74) is -5.99. The quantitative estimate of drug-likeness (QED) is 0.617. The fraction of sp³-hybridized carbons (Fsp3) is 0.538. The van der Waals surface area contributed by atoms with E-state index in [1.165, 1.54) is 0 Å². The molecule has 0 aliphatic carbocycles. The number of sulfone groups is 1. The molecule has 1 saturated heterocycles. The first-order chi connectivity index (χ1) is 10.5. The number of nitro benzene ring substituents is 1. The van der Waals surface area contributed by atoms with E-state index in [0.29, 0.717) is 25.1 Å². The average molecular weight is 352 g/mol. The van der Waals surface area contributed by atoms with Crippen LogP contribution in [0.3, 0.4) is 0 Å². The van der Waals surface area contributed by atoms with E-state index in [4.69, 9.17) is 0 Å². The Morgan fingerprint density at radius 1 is 1.26 bits per heavy atom. The lowest BCUT2D eigenvalue weighted by Crippen LogP contribution is -2.33. The molecule has 0 aromatic heterocycles. The van der Waals surface area contributed by atoms with Gasteiger partial charge >= 0.3 is 5.51 Å². The standard InChI is InChI=1S/C13H15F3N2O4S/c1-9-4-6-17(7-5-9)11-3-2-10(8-12(11)18(19)20)23(21,22)13(14,15)16/h2-3,8-9H,4-7H2,1H3. The second-order valence-electron chi connectivity index (χ2n) is 5.53. The van der Waals surface area contributed by atoms with Crippen LogP contribution in [0.4, 0.5) is 24.5 Å². The molecule has 2 rings (SSSR count). The van der Waals surface area contributed by atoms with Crippen molar-refractivity contribution in [2.75, 3.05) is 18.0 Å². The monoisotopic (exact) mass is 352 g/mol. The molecule has 1 heterocycles. The first-order valence-electron chi connectivity index (χ1n) is 6.89. The van der Waals surface area contributed by atoms with Gasteiger partial charge in [-0.05, 0) is 30.9 Å². The summed E-state index contributed by atoms with van der Waals surface area (Å²) in [5, 5.41) is 11.2. The summed E-state index contributed by atoms with van der Waals surface area (Å²) in [6.45, 7) is 3.12. The molecule has 128 valence electrons. The zero-order chi connectivity index (χ0) is 17.4. The molecule has 10 heteroatoms. The molecule has 6 nitrogen and oxygen atoms in total. The Kier molecular flexibility index (Phi) is 4.56. The van der Waals surface area contributed by atoms with Gasteiger partial charge in [-0.3, -0.25) is 10.1 Å². The summed E-state index contributed by atoms with van der Waals surface area (Å²) in [7, 11) is -5.61. The first-order valence-corrected chi connectivity index (χ1v) is 8.37. The van der Waals surface area contributed by atoms with E-state index in [0.717, 1.165) is 25.0 Å². The molecule has 0 bridgehead atoms. The first kappa shape index (κ1) is 17.5. The van der Waals surface area contributed by atoms with Gasteiger partial charge in [0.05, 0.1) is 9.82 Å². The second kappa shape index (κ2) is 5.99. The number of anilines is 1. The second-order valence-corrected chi connectivity index (χ2v) is 7.47. The van der Waals surface area contributed by atoms with Gasteiger partial charge in [0.15, 0.2) is 0 Å². The van der Waals surface area contributed by atoms with Crippen LogP contribution in [0, 0.1) is 16.0 Å². The van der Waals surface area contributed by atoms with Crippen LogP contribution in [0.1, 0.15) is 19.8 Å². The Morgan fingerprint density at radius 2 is 1.83 bits per heavy atom. The molecule has 1 aromatic carbocycles. The van der Waals surface area contributed by atoms with E-state index in [-0.39, 0.29) is 5.69 Å². The van der Waals surface area contributed by atoms with Crippen LogP contribution < -0.4 is 4.90 Å². The number of benzene rings is 1. The van der Waals surface area contributed by atoms with Gasteiger partial charge < -0.3 is 4.90 Å². The molecular weight excluding hydrogens is 337 g/mol. The van der Waals surface area contributed by atoms with Crippen LogP contribution in [-0.4, -0.2) is 31.9 Å². The van der Waals surface area contributed by atoms with Gasteiger partial charge in [-0.1, -0.05) is 6.92 Å². The zero-order valence-electron chi connectivity index (χ0n) is 12.2. The van der Waals surface area contributed by atoms with Gasteiger partial charge in [-0.25, -0.2) is 8.42 Å². The lowest BCUT2D eigenvalue weighted by molar-refractivity contribution is -0.384. The third-order valence-corrected chi connectivity index (χ3v) is 5.37. The van der Waals surface area contributed by atoms with E-state index in [1.807, 2.05) is 6.92 Å². The number of alkyl halides is 3. The van der Waals surface area contributed by atoms with E-state index in [2.05, 4.69) is 0 Å². The van der Waals surface area contributed by atoms with Crippen molar-refractivity contribution in [1.29, 1.82) is 0 Å². The summed E-state index contributed by atoms with van der Waals surface area (Å²) in [6, 6.07) is 2.33. The largest absolute Gasteiger partial charge is 0.501 e. The molecule has 1 fully saturated rings. The van der Waals surface area contributed by atoms with Gasteiger partial charge in [0.1, 0.15) is 5.69 Å². The minimum absolute atomic E-state index is 0.142. The Hall–Kier alpha value is -1.84. The molecular formula is C13H15F3N2O4S. The van der Waals surface area contributed by atoms with Crippen molar-refractivity contribution in [3.8, 4) is 0 Å². The fourth-order valence-corrected chi connectivity index (χ4v) is 3.25. The summed E-state index contributed by atoms with van der Waals surface area (Å²) in [6.07, 6.45) is 1.61. The molecule has 0 radical (unpaired) electrons. The summed E-state index contributed by atoms with van der Waals surface area (Å²) in [5.74, 6) is 0.468. The summed E-state index contributed by atoms with van der Waals surface area (Å²) in [4.78, 5) is 10.9. The third-order valence-electron chi connectivity index (χ3n) is 3.88. The maximum atomic E-state index is 12.6. The predicted octanol–water partition coefficient (Wildman–Crippen LogP) is 3.12. The SMILES string of the molecule is CC1CCN(c2ccc(S(=O)(=O)C(F)(F)F)cc2[N+](=O)[O-])CC1. The van der Waals surface area contributed by atoms with Crippen molar-refractivity contribution in [2.24, 2.45) is 5.92 Å². The lowest BCUT2D eigenvalue weighted by Gasteiger charge is -2.31. The Labute approximate surface area is 131 Å². The molecule has 23 heavy (non-hydrogen) atoms. The van der Waals surface area contributed by atoms with Crippen molar-refractivity contribution in [3.05, 3.63) is 28.3 Å². The molecule has 1 aliphatic rings. The minimum atomic E-state index is -5.61. The molecule has 0 amide bonds. The van der Waals surface area contributed by atoms with Gasteiger partial charge in [0.2, 0.25) is 0 Å². The average Bonchev–Trinajstić information content (AvgIpc) is 2.46. The smallest absolute Gasteiger partial charge is 0.366 e. The fourth-order valence-electron chi connectivity index (χ4n) is 2.47. The molecule has 1 aliphatic heterocycles. The summed E-state index contributed by atoms with van der Waals surface area (Å²) >= 11 is 0. The predicted molar refractivity (Wildman–Crippen MR) is 76.9 cm³/mol. The van der Waals surface area contributed by atoms with Crippen molar-refractivity contribution < 1.29 is 26.5 Å². The van der Waals surface area contributed by atoms with Crippen molar-refractivity contribution in [1.82, 2.24) is 0 Å². The Bertz CT molecular complexity index is 710. The van der Waals surface area contributed by atoms with Crippen LogP contribution >= 0.6 is 0 Å². The molecule has 0 spiro atoms. The normalized spacial score (nSPS) is 17.3. The Balaban J connectivity index is 2.46. The van der Waals surface area contributed by atoms with E-state index < -0.39 is 30.9 Å². The van der Waals surface area contributed by atoms with Crippen LogP contribution in [-0.2, 0) is 9.84 Å². The zero-order valence-corrected chi connectivity index (χ0v) is 13.0. The van der Waals surface area contributed by atoms with E-state index in [9.17, 15) is 31.7 Å². The number of halogens is 3. The highest BCUT2D eigenvalue weighted by molar-refractivity contribution is 7.92. The molecule has 0 atom stereocenters. The topological polar surface area (TPSA) is 80.5 Å². The van der Waals surface area contributed by atoms with Crippen LogP contribution in [0.2, 0.25) is 0 Å². The van der Waals surface area contributed by atoms with Gasteiger partial charge in [0.25, 0.3) is 15.5 Å². The van der Waals surface area contributed by atoms with Crippen molar-refractivity contribution >= 4 is 21.2 Å². The number of nitro groups is 1. The van der Waals surface area contributed by atoms with Gasteiger partial charge in [-0.2, -0.15) is 13.2 Å². The minimum Gasteiger partial charge on any atom is -0.366 e. The summed E-state index contributed by atoms with van der Waals surface area (Å²) < 4.78 is 60.5. The van der Waals surface area contributed by atoms with Crippen LogP contribution in [0.15, 0.2) is 23.1 Å². The number of piperidine rings is 1. The molecule has 0 N–H and O–H groups in total. The maximum absolute atomic E-state index is 12.6. The Morgan fingerprint density at radius 3 is 2.30 bits per heavy atom. The van der Waals surface area contributed by atoms with Crippen LogP contribution in [0.5, 0.6) is 0 Å². The number of hydrogen-bond donors (Lipinski definition) is 0. The maximum Gasteiger partial charge on any atom is 0.501 e. The number of nitrogens with zero attached hydrogens (tertiary/aromatic N) is 2. The van der Waals surface area contributed by atoms with Gasteiger partial charge in [-0.15, -0.1) is 0 Å². The molecule has 0 unspecified atom stereocenters. The highest BCUT2D eigenvalue weighted by Gasteiger charge is 2.47. The van der Waals surface area contributed by atoms with Crippen molar-refractivity contribution in [3.63, 3.8) is 0 Å². The molecule has 0 saturated carbocycles. The number of hydrogen-bond acceptors (Lipinski definition) is 5. The van der Waals surface area contributed by atoms with Crippen LogP contribution in [0.25, 0.3) is 0 Å². The third kappa shape index (κ3) is 3.41. The van der Waals surface area contributed by atoms with E-state index >= 15 is 0 Å². The van der Waals surface area contributed by atoms with Crippen molar-refractivity contribution in [2.45, 2.75) is 30.2 Å². The highest BCUT2D eigenvalue weighted by atomic mass is 32.2. The lowest BCUT2D eigenvalue weighted by atomic mass is 9.98. The molecule has 1 aromatic rings. The number of rotatable bonds is 3. The highest BCUT2D eigenvalue weighted by Crippen LogP contribution is 2.37. The van der Waals surface area contributed by atoms with E-state index in [1.54, 1.807) is 4.90 Å².